The molecule has 4 aromatic rings. The number of rotatable bonds is 7. The molecule has 2 N–H and O–H groups in total. The molecular weight excluding hydrogens is 470 g/mol. The summed E-state index contributed by atoms with van der Waals surface area (Å²) < 4.78 is 7.21. The number of amides is 1. The van der Waals surface area contributed by atoms with Crippen molar-refractivity contribution in [2.24, 2.45) is 5.92 Å². The predicted octanol–water partition coefficient (Wildman–Crippen LogP) is 5.55. The van der Waals surface area contributed by atoms with Crippen LogP contribution in [0.5, 0.6) is 5.75 Å². The minimum absolute atomic E-state index is 0.0721. The van der Waals surface area contributed by atoms with Crippen LogP contribution in [0, 0.1) is 12.8 Å². The van der Waals surface area contributed by atoms with E-state index in [2.05, 4.69) is 41.8 Å². The number of thioether (sulfide) groups is 1. The lowest BCUT2D eigenvalue weighted by Crippen LogP contribution is -2.46. The fraction of sp³-hybridized carbons (Fsp3) is 0.250. The van der Waals surface area contributed by atoms with E-state index >= 15 is 0 Å². The Hall–Kier alpha value is -3.78. The summed E-state index contributed by atoms with van der Waals surface area (Å²) in [7, 11) is 1.64. The number of hydrogen-bond acceptors (Lipinski definition) is 6. The highest BCUT2D eigenvalue weighted by Gasteiger charge is 2.42. The Kier molecular flexibility index (Phi) is 6.95. The third-order valence-corrected chi connectivity index (χ3v) is 7.27. The number of aryl methyl sites for hydroxylation is 1. The number of nitrogens with zero attached hydrogens (tertiary/aromatic N) is 3. The first-order chi connectivity index (χ1) is 17.5. The molecular formula is C28H29N5O2S. The molecule has 0 saturated carbocycles. The second-order valence-corrected chi connectivity index (χ2v) is 9.91. The van der Waals surface area contributed by atoms with E-state index < -0.39 is 5.92 Å². The van der Waals surface area contributed by atoms with Gasteiger partial charge in [-0.2, -0.15) is 4.98 Å². The molecule has 0 unspecified atom stereocenters. The van der Waals surface area contributed by atoms with Crippen LogP contribution in [0.25, 0.3) is 0 Å². The third kappa shape index (κ3) is 5.09. The first-order valence-corrected chi connectivity index (χ1v) is 12.9. The molecule has 5 rings (SSSR count). The Morgan fingerprint density at radius 1 is 1.08 bits per heavy atom. The molecule has 0 fully saturated rings. The van der Waals surface area contributed by atoms with Crippen LogP contribution in [0.2, 0.25) is 0 Å². The van der Waals surface area contributed by atoms with Crippen LogP contribution >= 0.6 is 11.8 Å². The zero-order valence-corrected chi connectivity index (χ0v) is 21.3. The summed E-state index contributed by atoms with van der Waals surface area (Å²) in [5.41, 5.74) is 4.19. The normalized spacial score (nSPS) is 18.7. The van der Waals surface area contributed by atoms with Crippen LogP contribution in [0.1, 0.15) is 29.7 Å². The maximum atomic E-state index is 13.6. The van der Waals surface area contributed by atoms with Crippen LogP contribution in [-0.4, -0.2) is 33.8 Å². The Bertz CT molecular complexity index is 1340. The van der Waals surface area contributed by atoms with Gasteiger partial charge in [-0.1, -0.05) is 71.9 Å². The fourth-order valence-corrected chi connectivity index (χ4v) is 5.37. The second kappa shape index (κ2) is 10.5. The smallest absolute Gasteiger partial charge is 0.232 e. The van der Waals surface area contributed by atoms with Crippen LogP contribution in [-0.2, 0) is 10.5 Å². The SMILES string of the molecule is COc1ccc([C@@H]2[C@H](C(=O)Nc3ccccc3)[C@H](C)Nc3nc(SCc4cccc(C)c4)nn32)cc1. The van der Waals surface area contributed by atoms with Gasteiger partial charge in [-0.25, -0.2) is 4.68 Å². The van der Waals surface area contributed by atoms with E-state index in [1.165, 1.54) is 11.1 Å². The highest BCUT2D eigenvalue weighted by Crippen LogP contribution is 2.38. The standard InChI is InChI=1S/C28H29N5O2S/c1-18-8-7-9-20(16-18)17-36-28-31-27-29-19(2)24(26(34)30-22-10-5-4-6-11-22)25(33(27)32-28)21-12-14-23(35-3)15-13-21/h4-16,19,24-25H,17H2,1-3H3,(H,30,34)(H,29,31,32)/t19-,24+,25+/m0/s1. The predicted molar refractivity (Wildman–Crippen MR) is 144 cm³/mol. The molecule has 36 heavy (non-hydrogen) atoms. The number of ether oxygens (including phenoxy) is 1. The third-order valence-electron chi connectivity index (χ3n) is 6.36. The zero-order valence-electron chi connectivity index (χ0n) is 20.5. The summed E-state index contributed by atoms with van der Waals surface area (Å²) in [6.45, 7) is 4.11. The number of para-hydroxylation sites is 1. The molecule has 7 nitrogen and oxygen atoms in total. The highest BCUT2D eigenvalue weighted by atomic mass is 32.2. The van der Waals surface area contributed by atoms with Gasteiger partial charge in [0.2, 0.25) is 17.0 Å². The largest absolute Gasteiger partial charge is 0.497 e. The topological polar surface area (TPSA) is 81.1 Å². The Labute approximate surface area is 215 Å². The van der Waals surface area contributed by atoms with E-state index in [0.29, 0.717) is 11.1 Å². The van der Waals surface area contributed by atoms with Gasteiger partial charge in [-0.3, -0.25) is 4.79 Å². The first-order valence-electron chi connectivity index (χ1n) is 11.9. The van der Waals surface area contributed by atoms with Crippen molar-refractivity contribution >= 4 is 29.3 Å². The number of fused-ring (bicyclic) bond motifs is 1. The molecule has 3 atom stereocenters. The maximum absolute atomic E-state index is 13.6. The second-order valence-electron chi connectivity index (χ2n) is 8.97. The number of aromatic nitrogens is 3. The first kappa shape index (κ1) is 23.9. The van der Waals surface area contributed by atoms with Gasteiger partial charge < -0.3 is 15.4 Å². The summed E-state index contributed by atoms with van der Waals surface area (Å²) in [5, 5.41) is 12.0. The van der Waals surface area contributed by atoms with E-state index in [9.17, 15) is 4.79 Å². The highest BCUT2D eigenvalue weighted by molar-refractivity contribution is 7.98. The minimum Gasteiger partial charge on any atom is -0.497 e. The van der Waals surface area contributed by atoms with Crippen LogP contribution in [0.4, 0.5) is 11.6 Å². The number of benzene rings is 3. The molecule has 0 radical (unpaired) electrons. The van der Waals surface area contributed by atoms with Crippen LogP contribution in [0.3, 0.4) is 0 Å². The van der Waals surface area contributed by atoms with Gasteiger partial charge in [-0.15, -0.1) is 5.10 Å². The van der Waals surface area contributed by atoms with E-state index in [1.54, 1.807) is 18.9 Å². The van der Waals surface area contributed by atoms with E-state index in [1.807, 2.05) is 66.2 Å². The minimum atomic E-state index is -0.414. The number of hydrogen-bond donors (Lipinski definition) is 2. The Morgan fingerprint density at radius 2 is 1.86 bits per heavy atom. The fourth-order valence-electron chi connectivity index (χ4n) is 4.59. The molecule has 1 aromatic heterocycles. The van der Waals surface area contributed by atoms with E-state index in [-0.39, 0.29) is 18.0 Å². The zero-order chi connectivity index (χ0) is 25.1. The summed E-state index contributed by atoms with van der Waals surface area (Å²) in [5.74, 6) is 1.71. The van der Waals surface area contributed by atoms with Crippen molar-refractivity contribution < 1.29 is 9.53 Å². The van der Waals surface area contributed by atoms with Gasteiger partial charge in [0.25, 0.3) is 0 Å². The molecule has 1 aliphatic rings. The molecule has 1 aliphatic heterocycles. The molecule has 1 amide bonds. The number of anilines is 2. The lowest BCUT2D eigenvalue weighted by molar-refractivity contribution is -0.121. The average Bonchev–Trinajstić information content (AvgIpc) is 3.29. The molecule has 8 heteroatoms. The van der Waals surface area contributed by atoms with Gasteiger partial charge in [0.15, 0.2) is 0 Å². The van der Waals surface area contributed by atoms with Gasteiger partial charge >= 0.3 is 0 Å². The van der Waals surface area contributed by atoms with Gasteiger partial charge in [0, 0.05) is 17.5 Å². The van der Waals surface area contributed by atoms with Crippen LogP contribution < -0.4 is 15.4 Å². The van der Waals surface area contributed by atoms with Crippen molar-refractivity contribution in [3.8, 4) is 5.75 Å². The summed E-state index contributed by atoms with van der Waals surface area (Å²) >= 11 is 1.59. The van der Waals surface area contributed by atoms with Crippen molar-refractivity contribution in [1.82, 2.24) is 14.8 Å². The molecule has 0 saturated heterocycles. The Morgan fingerprint density at radius 3 is 2.58 bits per heavy atom. The van der Waals surface area contributed by atoms with Crippen molar-refractivity contribution in [1.29, 1.82) is 0 Å². The molecule has 0 bridgehead atoms. The average molecular weight is 500 g/mol. The van der Waals surface area contributed by atoms with Crippen molar-refractivity contribution in [3.63, 3.8) is 0 Å². The van der Waals surface area contributed by atoms with Crippen molar-refractivity contribution in [2.45, 2.75) is 36.8 Å². The quantitative estimate of drug-likeness (QED) is 0.325. The molecule has 0 spiro atoms. The van der Waals surface area contributed by atoms with Crippen molar-refractivity contribution in [2.75, 3.05) is 17.7 Å². The van der Waals surface area contributed by atoms with Crippen LogP contribution in [0.15, 0.2) is 84.0 Å². The van der Waals surface area contributed by atoms with Gasteiger partial charge in [0.1, 0.15) is 5.75 Å². The van der Waals surface area contributed by atoms with Gasteiger partial charge in [-0.05, 0) is 49.2 Å². The number of carbonyl (C=O) groups is 1. The summed E-state index contributed by atoms with van der Waals surface area (Å²) in [6.07, 6.45) is 0. The maximum Gasteiger partial charge on any atom is 0.232 e. The number of carbonyl (C=O) groups excluding carboxylic acids is 1. The number of methoxy groups -OCH3 is 1. The molecule has 2 heterocycles. The molecule has 184 valence electrons. The molecule has 0 aliphatic carbocycles. The summed E-state index contributed by atoms with van der Waals surface area (Å²) in [4.78, 5) is 18.4. The number of nitrogens with one attached hydrogen (secondary N) is 2. The van der Waals surface area contributed by atoms with E-state index in [4.69, 9.17) is 14.8 Å². The van der Waals surface area contributed by atoms with E-state index in [0.717, 1.165) is 22.8 Å². The molecule has 3 aromatic carbocycles. The lowest BCUT2D eigenvalue weighted by atomic mass is 9.85. The van der Waals surface area contributed by atoms with Crippen molar-refractivity contribution in [3.05, 3.63) is 95.6 Å². The lowest BCUT2D eigenvalue weighted by Gasteiger charge is -2.36. The van der Waals surface area contributed by atoms with Gasteiger partial charge in [0.05, 0.1) is 19.1 Å². The Balaban J connectivity index is 1.47. The monoisotopic (exact) mass is 499 g/mol. The summed E-state index contributed by atoms with van der Waals surface area (Å²) in [6, 6.07) is 25.3.